The van der Waals surface area contributed by atoms with Crippen molar-refractivity contribution in [2.45, 2.75) is 26.3 Å². The minimum Gasteiger partial charge on any atom is -0.384 e. The molecular weight excluding hydrogens is 270 g/mol. The van der Waals surface area contributed by atoms with Crippen molar-refractivity contribution in [2.75, 3.05) is 39.9 Å². The first kappa shape index (κ1) is 14.4. The van der Waals surface area contributed by atoms with Crippen molar-refractivity contribution in [1.29, 1.82) is 0 Å². The molecule has 3 rings (SSSR count). The molecule has 0 saturated carbocycles. The van der Waals surface area contributed by atoms with Crippen LogP contribution in [0.4, 0.5) is 0 Å². The Morgan fingerprint density at radius 1 is 1.50 bits per heavy atom. The number of nitrogens with zero attached hydrogens (tertiary/aromatic N) is 2. The second kappa shape index (κ2) is 6.10. The number of hydrogen-bond donors (Lipinski definition) is 1. The molecule has 5 heteroatoms. The minimum atomic E-state index is 0.465. The first-order valence-electron chi connectivity index (χ1n) is 7.55. The Balaban J connectivity index is 1.69. The van der Waals surface area contributed by atoms with Gasteiger partial charge in [0.25, 0.3) is 0 Å². The van der Waals surface area contributed by atoms with Gasteiger partial charge in [0, 0.05) is 38.0 Å². The maximum Gasteiger partial charge on any atom is 0.0897 e. The first-order chi connectivity index (χ1) is 9.72. The number of thiazole rings is 1. The predicted molar refractivity (Wildman–Crippen MR) is 82.0 cm³/mol. The molecule has 2 aliphatic rings. The third-order valence-corrected chi connectivity index (χ3v) is 5.72. The van der Waals surface area contributed by atoms with Crippen molar-refractivity contribution in [3.63, 3.8) is 0 Å². The van der Waals surface area contributed by atoms with Crippen LogP contribution in [0.15, 0.2) is 5.38 Å². The molecule has 0 unspecified atom stereocenters. The molecule has 1 atom stereocenters. The number of aryl methyl sites for hydroxylation is 1. The highest BCUT2D eigenvalue weighted by molar-refractivity contribution is 7.09. The highest BCUT2D eigenvalue weighted by Crippen LogP contribution is 2.43. The Bertz CT molecular complexity index is 442. The maximum absolute atomic E-state index is 5.50. The van der Waals surface area contributed by atoms with Gasteiger partial charge in [0.15, 0.2) is 0 Å². The molecule has 0 amide bonds. The zero-order valence-electron chi connectivity index (χ0n) is 12.5. The lowest BCUT2D eigenvalue weighted by Gasteiger charge is -2.38. The van der Waals surface area contributed by atoms with Gasteiger partial charge >= 0.3 is 0 Å². The summed E-state index contributed by atoms with van der Waals surface area (Å²) in [6.45, 7) is 8.66. The highest BCUT2D eigenvalue weighted by Gasteiger charge is 2.46. The molecule has 3 heterocycles. The van der Waals surface area contributed by atoms with Crippen LogP contribution in [0.3, 0.4) is 0 Å². The van der Waals surface area contributed by atoms with Gasteiger partial charge in [-0.15, -0.1) is 11.3 Å². The summed E-state index contributed by atoms with van der Waals surface area (Å²) in [7, 11) is 1.83. The van der Waals surface area contributed by atoms with E-state index < -0.39 is 0 Å². The molecular formula is C15H25N3OS. The van der Waals surface area contributed by atoms with E-state index in [1.807, 2.05) is 7.11 Å². The normalized spacial score (nSPS) is 26.4. The van der Waals surface area contributed by atoms with Crippen molar-refractivity contribution in [2.24, 2.45) is 11.3 Å². The molecule has 2 saturated heterocycles. The molecule has 1 N–H and O–H groups in total. The molecule has 2 aliphatic heterocycles. The fraction of sp³-hybridized carbons (Fsp3) is 0.800. The van der Waals surface area contributed by atoms with E-state index in [1.54, 1.807) is 11.3 Å². The maximum atomic E-state index is 5.50. The number of ether oxygens (including phenoxy) is 1. The highest BCUT2D eigenvalue weighted by atomic mass is 32.1. The van der Waals surface area contributed by atoms with Gasteiger partial charge in [-0.25, -0.2) is 4.98 Å². The van der Waals surface area contributed by atoms with Crippen LogP contribution in [0.25, 0.3) is 0 Å². The fourth-order valence-electron chi connectivity index (χ4n) is 3.90. The predicted octanol–water partition coefficient (Wildman–Crippen LogP) is 1.90. The summed E-state index contributed by atoms with van der Waals surface area (Å²) in [5, 5.41) is 6.87. The lowest BCUT2D eigenvalue weighted by molar-refractivity contribution is 0.0716. The Morgan fingerprint density at radius 2 is 2.30 bits per heavy atom. The summed E-state index contributed by atoms with van der Waals surface area (Å²) >= 11 is 1.75. The van der Waals surface area contributed by atoms with Crippen molar-refractivity contribution in [3.05, 3.63) is 16.1 Å². The molecule has 0 aromatic carbocycles. The number of nitrogens with one attached hydrogen (secondary N) is 1. The monoisotopic (exact) mass is 295 g/mol. The van der Waals surface area contributed by atoms with Crippen molar-refractivity contribution in [1.82, 2.24) is 15.2 Å². The molecule has 1 aromatic heterocycles. The van der Waals surface area contributed by atoms with Gasteiger partial charge in [0.05, 0.1) is 17.3 Å². The van der Waals surface area contributed by atoms with E-state index >= 15 is 0 Å². The first-order valence-corrected chi connectivity index (χ1v) is 8.43. The Morgan fingerprint density at radius 3 is 2.95 bits per heavy atom. The van der Waals surface area contributed by atoms with E-state index in [0.717, 1.165) is 32.8 Å². The van der Waals surface area contributed by atoms with Crippen molar-refractivity contribution < 1.29 is 4.74 Å². The number of aromatic nitrogens is 1. The van der Waals surface area contributed by atoms with Gasteiger partial charge in [0.1, 0.15) is 0 Å². The largest absolute Gasteiger partial charge is 0.384 e. The standard InChI is InChI=1S/C15H25N3OS/c1-12-17-14(10-20-12)8-18-7-13(9-19-2)15(11-18)3-5-16-6-4-15/h10,13,16H,3-9,11H2,1-2H3/t13-/m0/s1. The van der Waals surface area contributed by atoms with E-state index in [0.29, 0.717) is 11.3 Å². The molecule has 0 aliphatic carbocycles. The van der Waals surface area contributed by atoms with Gasteiger partial charge in [-0.3, -0.25) is 4.90 Å². The minimum absolute atomic E-state index is 0.465. The van der Waals surface area contributed by atoms with Crippen LogP contribution >= 0.6 is 11.3 Å². The zero-order chi connectivity index (χ0) is 14.0. The van der Waals surface area contributed by atoms with Crippen LogP contribution in [0.5, 0.6) is 0 Å². The average Bonchev–Trinajstić information content (AvgIpc) is 2.97. The van der Waals surface area contributed by atoms with Gasteiger partial charge in [0.2, 0.25) is 0 Å². The quantitative estimate of drug-likeness (QED) is 0.920. The van der Waals surface area contributed by atoms with Crippen LogP contribution in [0.2, 0.25) is 0 Å². The molecule has 4 nitrogen and oxygen atoms in total. The van der Waals surface area contributed by atoms with E-state index in [9.17, 15) is 0 Å². The third kappa shape index (κ3) is 2.91. The summed E-state index contributed by atoms with van der Waals surface area (Å²) in [5.41, 5.74) is 1.70. The van der Waals surface area contributed by atoms with Crippen molar-refractivity contribution >= 4 is 11.3 Å². The Labute approximate surface area is 125 Å². The van der Waals surface area contributed by atoms with Crippen LogP contribution < -0.4 is 5.32 Å². The SMILES string of the molecule is COC[C@@H]1CN(Cc2csc(C)n2)CC12CCNCC2. The summed E-state index contributed by atoms with van der Waals surface area (Å²) in [6.07, 6.45) is 2.57. The van der Waals surface area contributed by atoms with Crippen LogP contribution in [0.1, 0.15) is 23.5 Å². The molecule has 2 fully saturated rings. The molecule has 1 aromatic rings. The lowest BCUT2D eigenvalue weighted by Crippen LogP contribution is -2.43. The van der Waals surface area contributed by atoms with Gasteiger partial charge in [-0.05, 0) is 38.3 Å². The molecule has 0 bridgehead atoms. The molecule has 112 valence electrons. The van der Waals surface area contributed by atoms with Crippen LogP contribution in [0, 0.1) is 18.3 Å². The van der Waals surface area contributed by atoms with Crippen LogP contribution in [-0.4, -0.2) is 49.8 Å². The number of likely N-dealkylation sites (tertiary alicyclic amines) is 1. The summed E-state index contributed by atoms with van der Waals surface area (Å²) in [6, 6.07) is 0. The average molecular weight is 295 g/mol. The van der Waals surface area contributed by atoms with Gasteiger partial charge < -0.3 is 10.1 Å². The molecule has 20 heavy (non-hydrogen) atoms. The number of methoxy groups -OCH3 is 1. The second-order valence-electron chi connectivity index (χ2n) is 6.29. The third-order valence-electron chi connectivity index (χ3n) is 4.90. The van der Waals surface area contributed by atoms with Crippen LogP contribution in [-0.2, 0) is 11.3 Å². The number of rotatable bonds is 4. The van der Waals surface area contributed by atoms with Crippen molar-refractivity contribution in [3.8, 4) is 0 Å². The second-order valence-corrected chi connectivity index (χ2v) is 7.35. The van der Waals surface area contributed by atoms with Gasteiger partial charge in [-0.1, -0.05) is 0 Å². The van der Waals surface area contributed by atoms with E-state index in [4.69, 9.17) is 4.74 Å². The lowest BCUT2D eigenvalue weighted by atomic mass is 9.71. The summed E-state index contributed by atoms with van der Waals surface area (Å²) in [4.78, 5) is 7.20. The number of hydrogen-bond acceptors (Lipinski definition) is 5. The van der Waals surface area contributed by atoms with E-state index in [-0.39, 0.29) is 0 Å². The summed E-state index contributed by atoms with van der Waals surface area (Å²) in [5.74, 6) is 0.675. The number of piperidine rings is 1. The molecule has 0 radical (unpaired) electrons. The Hall–Kier alpha value is -0.490. The topological polar surface area (TPSA) is 37.4 Å². The summed E-state index contributed by atoms with van der Waals surface area (Å²) < 4.78 is 5.50. The van der Waals surface area contributed by atoms with E-state index in [2.05, 4.69) is 27.5 Å². The Kier molecular flexibility index (Phi) is 4.40. The fourth-order valence-corrected chi connectivity index (χ4v) is 4.50. The smallest absolute Gasteiger partial charge is 0.0897 e. The van der Waals surface area contributed by atoms with E-state index in [1.165, 1.54) is 30.1 Å². The molecule has 1 spiro atoms. The van der Waals surface area contributed by atoms with Gasteiger partial charge in [-0.2, -0.15) is 0 Å². The zero-order valence-corrected chi connectivity index (χ0v) is 13.3.